The van der Waals surface area contributed by atoms with Crippen molar-refractivity contribution in [2.45, 2.75) is 38.3 Å². The average molecular weight is 233 g/mol. The molecule has 2 N–H and O–H groups in total. The molecular formula is C13H19N3O. The first-order valence-corrected chi connectivity index (χ1v) is 6.08. The molecule has 0 aromatic carbocycles. The Morgan fingerprint density at radius 3 is 3.06 bits per heavy atom. The summed E-state index contributed by atoms with van der Waals surface area (Å²) in [6, 6.07) is 3.85. The second kappa shape index (κ2) is 4.84. The lowest BCUT2D eigenvalue weighted by Crippen LogP contribution is -2.51. The van der Waals surface area contributed by atoms with E-state index in [0.717, 1.165) is 24.9 Å². The number of nitrogens with one attached hydrogen (secondary N) is 2. The van der Waals surface area contributed by atoms with Gasteiger partial charge in [0.25, 0.3) is 0 Å². The van der Waals surface area contributed by atoms with Gasteiger partial charge in [-0.3, -0.25) is 9.78 Å². The molecule has 1 aliphatic rings. The van der Waals surface area contributed by atoms with Crippen molar-refractivity contribution in [3.63, 3.8) is 0 Å². The van der Waals surface area contributed by atoms with Crippen LogP contribution in [0.1, 0.15) is 38.3 Å². The molecule has 4 heteroatoms. The van der Waals surface area contributed by atoms with Crippen LogP contribution in [0.4, 0.5) is 0 Å². The van der Waals surface area contributed by atoms with E-state index in [0.29, 0.717) is 0 Å². The smallest absolute Gasteiger partial charge is 0.240 e. The van der Waals surface area contributed by atoms with E-state index in [1.807, 2.05) is 26.0 Å². The fourth-order valence-electron chi connectivity index (χ4n) is 2.16. The van der Waals surface area contributed by atoms with Gasteiger partial charge in [0, 0.05) is 12.4 Å². The summed E-state index contributed by atoms with van der Waals surface area (Å²) in [6.45, 7) is 4.86. The van der Waals surface area contributed by atoms with Crippen LogP contribution in [0.3, 0.4) is 0 Å². The van der Waals surface area contributed by atoms with Gasteiger partial charge in [0.15, 0.2) is 0 Å². The minimum absolute atomic E-state index is 0.00424. The summed E-state index contributed by atoms with van der Waals surface area (Å²) >= 11 is 0. The van der Waals surface area contributed by atoms with Gasteiger partial charge in [-0.2, -0.15) is 0 Å². The molecule has 1 fully saturated rings. The number of carbonyl (C=O) groups is 1. The van der Waals surface area contributed by atoms with Gasteiger partial charge < -0.3 is 10.6 Å². The van der Waals surface area contributed by atoms with Crippen molar-refractivity contribution in [2.24, 2.45) is 0 Å². The van der Waals surface area contributed by atoms with Crippen LogP contribution in [0.25, 0.3) is 0 Å². The Bertz CT molecular complexity index is 385. The van der Waals surface area contributed by atoms with Crippen LogP contribution in [0.5, 0.6) is 0 Å². The molecule has 17 heavy (non-hydrogen) atoms. The topological polar surface area (TPSA) is 54.0 Å². The molecule has 0 saturated carbocycles. The van der Waals surface area contributed by atoms with Gasteiger partial charge in [-0.05, 0) is 44.9 Å². The first kappa shape index (κ1) is 12.0. The molecule has 1 aliphatic heterocycles. The van der Waals surface area contributed by atoms with Crippen molar-refractivity contribution < 1.29 is 4.79 Å². The summed E-state index contributed by atoms with van der Waals surface area (Å²) in [5.74, 6) is 0.0753. The summed E-state index contributed by atoms with van der Waals surface area (Å²) < 4.78 is 0. The Hall–Kier alpha value is -1.42. The summed E-state index contributed by atoms with van der Waals surface area (Å²) in [5.41, 5.74) is 0.624. The Balaban J connectivity index is 1.99. The Kier molecular flexibility index (Phi) is 3.43. The molecule has 0 aliphatic carbocycles. The van der Waals surface area contributed by atoms with Crippen molar-refractivity contribution in [3.05, 3.63) is 30.1 Å². The number of aromatic nitrogens is 1. The number of hydrogen-bond donors (Lipinski definition) is 2. The van der Waals surface area contributed by atoms with E-state index in [1.165, 1.54) is 0 Å². The Morgan fingerprint density at radius 2 is 2.47 bits per heavy atom. The van der Waals surface area contributed by atoms with E-state index >= 15 is 0 Å². The molecule has 0 spiro atoms. The normalized spacial score (nSPS) is 25.5. The maximum Gasteiger partial charge on any atom is 0.240 e. The molecule has 2 rings (SSSR count). The van der Waals surface area contributed by atoms with Gasteiger partial charge >= 0.3 is 0 Å². The Labute approximate surface area is 102 Å². The maximum absolute atomic E-state index is 12.2. The van der Waals surface area contributed by atoms with Crippen molar-refractivity contribution in [1.29, 1.82) is 0 Å². The lowest BCUT2D eigenvalue weighted by atomic mass is 9.98. The highest BCUT2D eigenvalue weighted by Crippen LogP contribution is 2.20. The summed E-state index contributed by atoms with van der Waals surface area (Å²) in [6.07, 6.45) is 5.48. The number of pyridine rings is 1. The van der Waals surface area contributed by atoms with Gasteiger partial charge in [0.05, 0.1) is 11.6 Å². The molecule has 92 valence electrons. The fraction of sp³-hybridized carbons (Fsp3) is 0.538. The van der Waals surface area contributed by atoms with Gasteiger partial charge in [0.1, 0.15) is 0 Å². The number of nitrogens with zero attached hydrogens (tertiary/aromatic N) is 1. The highest BCUT2D eigenvalue weighted by atomic mass is 16.2. The lowest BCUT2D eigenvalue weighted by molar-refractivity contribution is -0.127. The molecule has 0 radical (unpaired) electrons. The van der Waals surface area contributed by atoms with Crippen molar-refractivity contribution in [1.82, 2.24) is 15.6 Å². The van der Waals surface area contributed by atoms with E-state index < -0.39 is 5.54 Å². The van der Waals surface area contributed by atoms with Crippen LogP contribution >= 0.6 is 0 Å². The monoisotopic (exact) mass is 233 g/mol. The van der Waals surface area contributed by atoms with Gasteiger partial charge in [-0.15, -0.1) is 0 Å². The number of amides is 1. The molecule has 1 aromatic heterocycles. The second-order valence-electron chi connectivity index (χ2n) is 4.84. The van der Waals surface area contributed by atoms with Crippen LogP contribution in [-0.4, -0.2) is 23.0 Å². The van der Waals surface area contributed by atoms with E-state index in [4.69, 9.17) is 0 Å². The molecule has 2 unspecified atom stereocenters. The molecule has 2 heterocycles. The van der Waals surface area contributed by atoms with Crippen molar-refractivity contribution in [2.75, 3.05) is 6.54 Å². The van der Waals surface area contributed by atoms with Gasteiger partial charge in [0.2, 0.25) is 5.91 Å². The minimum atomic E-state index is -0.406. The molecule has 1 aromatic rings. The van der Waals surface area contributed by atoms with E-state index in [-0.39, 0.29) is 11.9 Å². The van der Waals surface area contributed by atoms with Crippen LogP contribution in [0, 0.1) is 0 Å². The highest BCUT2D eigenvalue weighted by molar-refractivity contribution is 5.86. The standard InChI is InChI=1S/C13H19N3O/c1-10(11-5-3-7-14-9-11)16-12(17)13(2)6-4-8-15-13/h3,5,7,9-10,15H,4,6,8H2,1-2H3,(H,16,17). The number of carbonyl (C=O) groups excluding carboxylic acids is 1. The van der Waals surface area contributed by atoms with Crippen LogP contribution in [-0.2, 0) is 4.79 Å². The van der Waals surface area contributed by atoms with E-state index in [1.54, 1.807) is 12.4 Å². The van der Waals surface area contributed by atoms with Gasteiger partial charge in [-0.1, -0.05) is 6.07 Å². The van der Waals surface area contributed by atoms with Crippen molar-refractivity contribution in [3.8, 4) is 0 Å². The highest BCUT2D eigenvalue weighted by Gasteiger charge is 2.36. The van der Waals surface area contributed by atoms with Gasteiger partial charge in [-0.25, -0.2) is 0 Å². The van der Waals surface area contributed by atoms with Crippen molar-refractivity contribution >= 4 is 5.91 Å². The molecule has 2 atom stereocenters. The summed E-state index contributed by atoms with van der Waals surface area (Å²) in [4.78, 5) is 16.2. The van der Waals surface area contributed by atoms with E-state index in [9.17, 15) is 4.79 Å². The Morgan fingerprint density at radius 1 is 1.65 bits per heavy atom. The van der Waals surface area contributed by atoms with E-state index in [2.05, 4.69) is 15.6 Å². The zero-order valence-electron chi connectivity index (χ0n) is 10.4. The third-order valence-electron chi connectivity index (χ3n) is 3.40. The summed E-state index contributed by atoms with van der Waals surface area (Å²) in [5, 5.41) is 6.30. The SMILES string of the molecule is CC(NC(=O)C1(C)CCCN1)c1cccnc1. The minimum Gasteiger partial charge on any atom is -0.348 e. The zero-order chi connectivity index (χ0) is 12.3. The quantitative estimate of drug-likeness (QED) is 0.829. The average Bonchev–Trinajstić information content (AvgIpc) is 2.78. The zero-order valence-corrected chi connectivity index (χ0v) is 10.4. The first-order chi connectivity index (χ1) is 8.12. The molecule has 1 saturated heterocycles. The van der Waals surface area contributed by atoms with Crippen LogP contribution < -0.4 is 10.6 Å². The summed E-state index contributed by atoms with van der Waals surface area (Å²) in [7, 11) is 0. The number of hydrogen-bond acceptors (Lipinski definition) is 3. The first-order valence-electron chi connectivity index (χ1n) is 6.08. The largest absolute Gasteiger partial charge is 0.348 e. The third-order valence-corrected chi connectivity index (χ3v) is 3.40. The maximum atomic E-state index is 12.2. The fourth-order valence-corrected chi connectivity index (χ4v) is 2.16. The van der Waals surface area contributed by atoms with Crippen LogP contribution in [0.2, 0.25) is 0 Å². The molecule has 0 bridgehead atoms. The number of rotatable bonds is 3. The lowest BCUT2D eigenvalue weighted by Gasteiger charge is -2.25. The second-order valence-corrected chi connectivity index (χ2v) is 4.84. The molecular weight excluding hydrogens is 214 g/mol. The molecule has 1 amide bonds. The van der Waals surface area contributed by atoms with Crippen LogP contribution in [0.15, 0.2) is 24.5 Å². The predicted octanol–water partition coefficient (Wildman–Crippen LogP) is 1.40. The predicted molar refractivity (Wildman–Crippen MR) is 66.4 cm³/mol. The molecule has 4 nitrogen and oxygen atoms in total. The third kappa shape index (κ3) is 2.64.